The molecule has 140 valence electrons. The van der Waals surface area contributed by atoms with Crippen LogP contribution in [0.25, 0.3) is 0 Å². The number of rotatable bonds is 4. The lowest BCUT2D eigenvalue weighted by Gasteiger charge is -2.26. The lowest BCUT2D eigenvalue weighted by atomic mass is 9.89. The smallest absolute Gasteiger partial charge is 0.266 e. The average molecular weight is 364 g/mol. The Kier molecular flexibility index (Phi) is 4.84. The molecule has 0 saturated carbocycles. The van der Waals surface area contributed by atoms with E-state index in [0.29, 0.717) is 11.4 Å². The molecule has 2 aromatic carbocycles. The summed E-state index contributed by atoms with van der Waals surface area (Å²) in [6, 6.07) is 13.6. The highest BCUT2D eigenvalue weighted by Crippen LogP contribution is 2.30. The Hall–Kier alpha value is -2.82. The highest BCUT2D eigenvalue weighted by molar-refractivity contribution is 5.99. The van der Waals surface area contributed by atoms with Crippen LogP contribution in [0.5, 0.6) is 5.75 Å². The molecule has 0 unspecified atom stereocenters. The van der Waals surface area contributed by atoms with Crippen LogP contribution in [0, 0.1) is 0 Å². The fourth-order valence-corrected chi connectivity index (χ4v) is 3.80. The Morgan fingerprint density at radius 2 is 1.96 bits per heavy atom. The van der Waals surface area contributed by atoms with Gasteiger partial charge in [0, 0.05) is 0 Å². The van der Waals surface area contributed by atoms with Crippen molar-refractivity contribution in [2.45, 2.75) is 51.2 Å². The Balaban J connectivity index is 1.38. The molecule has 5 nitrogen and oxygen atoms in total. The second kappa shape index (κ2) is 7.43. The summed E-state index contributed by atoms with van der Waals surface area (Å²) in [5, 5.41) is 5.79. The van der Waals surface area contributed by atoms with E-state index in [1.54, 1.807) is 12.1 Å². The summed E-state index contributed by atoms with van der Waals surface area (Å²) in [4.78, 5) is 24.7. The first-order valence-corrected chi connectivity index (χ1v) is 9.58. The van der Waals surface area contributed by atoms with Crippen molar-refractivity contribution in [2.24, 2.45) is 0 Å². The summed E-state index contributed by atoms with van der Waals surface area (Å²) in [5.41, 5.74) is 4.56. The third kappa shape index (κ3) is 3.82. The van der Waals surface area contributed by atoms with Crippen molar-refractivity contribution in [3.05, 3.63) is 59.2 Å². The number of hydrogen-bond donors (Lipinski definition) is 2. The number of para-hydroxylation sites is 2. The lowest BCUT2D eigenvalue weighted by molar-refractivity contribution is -0.130. The summed E-state index contributed by atoms with van der Waals surface area (Å²) in [5.74, 6) is 0.114. The minimum absolute atomic E-state index is 0.00452. The molecule has 2 N–H and O–H groups in total. The maximum Gasteiger partial charge on any atom is 0.266 e. The topological polar surface area (TPSA) is 67.4 Å². The Morgan fingerprint density at radius 3 is 2.81 bits per heavy atom. The molecule has 2 amide bonds. The number of fused-ring (bicyclic) bond motifs is 2. The molecule has 0 spiro atoms. The van der Waals surface area contributed by atoms with E-state index in [1.807, 2.05) is 19.1 Å². The number of anilines is 1. The van der Waals surface area contributed by atoms with Gasteiger partial charge in [-0.05, 0) is 61.4 Å². The van der Waals surface area contributed by atoms with Gasteiger partial charge in [0.2, 0.25) is 5.91 Å². The SMILES string of the molecule is C[C@@H](NC(=O)C[C@H]1Oc2ccccc2NC1=O)c1ccc2c(c1)CCCC2. The van der Waals surface area contributed by atoms with Gasteiger partial charge in [-0.3, -0.25) is 9.59 Å². The summed E-state index contributed by atoms with van der Waals surface area (Å²) < 4.78 is 5.70. The molecule has 1 aliphatic carbocycles. The van der Waals surface area contributed by atoms with E-state index in [1.165, 1.54) is 24.0 Å². The van der Waals surface area contributed by atoms with Crippen molar-refractivity contribution >= 4 is 17.5 Å². The van der Waals surface area contributed by atoms with Crippen LogP contribution in [0.1, 0.15) is 48.9 Å². The fraction of sp³-hybridized carbons (Fsp3) is 0.364. The van der Waals surface area contributed by atoms with E-state index in [-0.39, 0.29) is 24.3 Å². The second-order valence-electron chi connectivity index (χ2n) is 7.32. The number of carbonyl (C=O) groups excluding carboxylic acids is 2. The molecule has 0 saturated heterocycles. The molecule has 1 heterocycles. The number of amides is 2. The molecule has 0 aromatic heterocycles. The zero-order valence-corrected chi connectivity index (χ0v) is 15.5. The Bertz CT molecular complexity index is 878. The number of ether oxygens (including phenoxy) is 1. The van der Waals surface area contributed by atoms with Crippen molar-refractivity contribution < 1.29 is 14.3 Å². The predicted molar refractivity (Wildman–Crippen MR) is 104 cm³/mol. The van der Waals surface area contributed by atoms with E-state index >= 15 is 0 Å². The summed E-state index contributed by atoms with van der Waals surface area (Å²) in [6.07, 6.45) is 3.93. The first kappa shape index (κ1) is 17.6. The van der Waals surface area contributed by atoms with E-state index in [2.05, 4.69) is 28.8 Å². The van der Waals surface area contributed by atoms with Gasteiger partial charge in [0.15, 0.2) is 6.10 Å². The van der Waals surface area contributed by atoms with E-state index < -0.39 is 6.10 Å². The van der Waals surface area contributed by atoms with Gasteiger partial charge in [-0.1, -0.05) is 30.3 Å². The predicted octanol–water partition coefficient (Wildman–Crippen LogP) is 3.53. The van der Waals surface area contributed by atoms with Crippen molar-refractivity contribution in [3.63, 3.8) is 0 Å². The van der Waals surface area contributed by atoms with Crippen LogP contribution < -0.4 is 15.4 Å². The molecule has 0 radical (unpaired) electrons. The van der Waals surface area contributed by atoms with Gasteiger partial charge in [-0.15, -0.1) is 0 Å². The zero-order valence-electron chi connectivity index (χ0n) is 15.5. The van der Waals surface area contributed by atoms with Crippen molar-refractivity contribution in [1.82, 2.24) is 5.32 Å². The lowest BCUT2D eigenvalue weighted by Crippen LogP contribution is -2.41. The number of hydrogen-bond acceptors (Lipinski definition) is 3. The second-order valence-corrected chi connectivity index (χ2v) is 7.32. The quantitative estimate of drug-likeness (QED) is 0.872. The fourth-order valence-electron chi connectivity index (χ4n) is 3.80. The molecule has 2 aromatic rings. The van der Waals surface area contributed by atoms with Gasteiger partial charge >= 0.3 is 0 Å². The van der Waals surface area contributed by atoms with Crippen LogP contribution in [-0.2, 0) is 22.4 Å². The van der Waals surface area contributed by atoms with Crippen LogP contribution in [-0.4, -0.2) is 17.9 Å². The van der Waals surface area contributed by atoms with E-state index in [4.69, 9.17) is 4.74 Å². The van der Waals surface area contributed by atoms with Crippen LogP contribution in [0.4, 0.5) is 5.69 Å². The minimum atomic E-state index is -0.810. The maximum atomic E-state index is 12.5. The number of carbonyl (C=O) groups is 2. The van der Waals surface area contributed by atoms with Crippen molar-refractivity contribution in [3.8, 4) is 5.75 Å². The van der Waals surface area contributed by atoms with Gasteiger partial charge in [0.25, 0.3) is 5.91 Å². The molecule has 4 rings (SSSR count). The maximum absolute atomic E-state index is 12.5. The van der Waals surface area contributed by atoms with Crippen LogP contribution in [0.15, 0.2) is 42.5 Å². The molecule has 2 aliphatic rings. The molecule has 1 aliphatic heterocycles. The molecule has 0 bridgehead atoms. The van der Waals surface area contributed by atoms with E-state index in [9.17, 15) is 9.59 Å². The monoisotopic (exact) mass is 364 g/mol. The minimum Gasteiger partial charge on any atom is -0.478 e. The number of benzene rings is 2. The normalized spacial score (nSPS) is 19.1. The first-order valence-electron chi connectivity index (χ1n) is 9.58. The van der Waals surface area contributed by atoms with Crippen LogP contribution in [0.3, 0.4) is 0 Å². The van der Waals surface area contributed by atoms with Gasteiger partial charge < -0.3 is 15.4 Å². The van der Waals surface area contributed by atoms with Crippen LogP contribution >= 0.6 is 0 Å². The number of nitrogens with one attached hydrogen (secondary N) is 2. The molecule has 2 atom stereocenters. The molecule has 5 heteroatoms. The van der Waals surface area contributed by atoms with Crippen LogP contribution in [0.2, 0.25) is 0 Å². The van der Waals surface area contributed by atoms with Crippen molar-refractivity contribution in [2.75, 3.05) is 5.32 Å². The molecular formula is C22H24N2O3. The Labute approximate surface area is 159 Å². The summed E-state index contributed by atoms with van der Waals surface area (Å²) >= 11 is 0. The standard InChI is InChI=1S/C22H24N2O3/c1-14(16-11-10-15-6-2-3-7-17(15)12-16)23-21(25)13-20-22(26)24-18-8-4-5-9-19(18)27-20/h4-5,8-12,14,20H,2-3,6-7,13H2,1H3,(H,23,25)(H,24,26)/t14-,20-/m1/s1. The largest absolute Gasteiger partial charge is 0.478 e. The zero-order chi connectivity index (χ0) is 18.8. The third-order valence-corrected chi connectivity index (χ3v) is 5.33. The van der Waals surface area contributed by atoms with Crippen molar-refractivity contribution in [1.29, 1.82) is 0 Å². The highest BCUT2D eigenvalue weighted by atomic mass is 16.5. The third-order valence-electron chi connectivity index (χ3n) is 5.33. The Morgan fingerprint density at radius 1 is 1.19 bits per heavy atom. The first-order chi connectivity index (χ1) is 13.1. The summed E-state index contributed by atoms with van der Waals surface area (Å²) in [6.45, 7) is 1.97. The van der Waals surface area contributed by atoms with E-state index in [0.717, 1.165) is 18.4 Å². The van der Waals surface area contributed by atoms with Gasteiger partial charge in [-0.25, -0.2) is 0 Å². The number of aryl methyl sites for hydroxylation is 2. The molecule has 0 fully saturated rings. The van der Waals surface area contributed by atoms with Gasteiger partial charge in [0.1, 0.15) is 5.75 Å². The van der Waals surface area contributed by atoms with Gasteiger partial charge in [0.05, 0.1) is 18.2 Å². The highest BCUT2D eigenvalue weighted by Gasteiger charge is 2.30. The average Bonchev–Trinajstić information content (AvgIpc) is 2.68. The molecular weight excluding hydrogens is 340 g/mol. The summed E-state index contributed by atoms with van der Waals surface area (Å²) in [7, 11) is 0. The van der Waals surface area contributed by atoms with Gasteiger partial charge in [-0.2, -0.15) is 0 Å². The molecule has 27 heavy (non-hydrogen) atoms.